The molecule has 8 atom stereocenters. The molecule has 1 spiro atoms. The van der Waals surface area contributed by atoms with Crippen LogP contribution in [0.2, 0.25) is 5.02 Å². The Hall–Kier alpha value is -3.01. The summed E-state index contributed by atoms with van der Waals surface area (Å²) in [4.78, 5) is 30.3. The van der Waals surface area contributed by atoms with Gasteiger partial charge in [0.2, 0.25) is 5.91 Å². The molecule has 2 amide bonds. The highest BCUT2D eigenvalue weighted by Gasteiger charge is 2.45. The largest absolute Gasteiger partial charge is 0.490 e. The minimum absolute atomic E-state index is 0.0104. The third-order valence-corrected chi connectivity index (χ3v) is 14.0. The summed E-state index contributed by atoms with van der Waals surface area (Å²) in [5.41, 5.74) is 3.59. The van der Waals surface area contributed by atoms with Crippen LogP contribution in [0.15, 0.2) is 48.6 Å². The van der Waals surface area contributed by atoms with Gasteiger partial charge in [0.05, 0.1) is 28.1 Å². The maximum atomic E-state index is 13.9. The Labute approximate surface area is 291 Å². The molecule has 0 saturated heterocycles. The van der Waals surface area contributed by atoms with Gasteiger partial charge in [0.15, 0.2) is 0 Å². The molecule has 2 heterocycles. The smallest absolute Gasteiger partial charge is 0.262 e. The van der Waals surface area contributed by atoms with Gasteiger partial charge in [0, 0.05) is 48.4 Å². The van der Waals surface area contributed by atoms with Crippen LogP contribution in [0, 0.1) is 23.7 Å². The number of fused-ring (bicyclic) bond motifs is 4. The molecule has 0 radical (unpaired) electrons. The summed E-state index contributed by atoms with van der Waals surface area (Å²) in [6.07, 6.45) is 9.03. The number of nitrogens with one attached hydrogen (secondary N) is 1. The number of rotatable bonds is 3. The number of halogens is 1. The molecule has 48 heavy (non-hydrogen) atoms. The van der Waals surface area contributed by atoms with Crippen molar-refractivity contribution in [3.8, 4) is 5.75 Å². The summed E-state index contributed by atoms with van der Waals surface area (Å²) in [6.45, 7) is 8.03. The predicted molar refractivity (Wildman–Crippen MR) is 195 cm³/mol. The van der Waals surface area contributed by atoms with Crippen molar-refractivity contribution in [3.63, 3.8) is 0 Å². The Morgan fingerprint density at radius 3 is 2.69 bits per heavy atom. The van der Waals surface area contributed by atoms with Gasteiger partial charge >= 0.3 is 0 Å². The maximum Gasteiger partial charge on any atom is 0.262 e. The van der Waals surface area contributed by atoms with Gasteiger partial charge < -0.3 is 19.3 Å². The maximum absolute atomic E-state index is 13.9. The van der Waals surface area contributed by atoms with Gasteiger partial charge in [-0.2, -0.15) is 0 Å². The number of ether oxygens (including phenoxy) is 2. The number of likely N-dealkylation sites (N-methyl/N-ethyl adjacent to an activating group) is 1. The Balaban J connectivity index is 1.42. The third-order valence-electron chi connectivity index (χ3n) is 11.6. The first-order chi connectivity index (χ1) is 22.8. The summed E-state index contributed by atoms with van der Waals surface area (Å²) in [6, 6.07) is 11.8. The standard InChI is InChI=1S/C38H50ClN3O5S/c1-24-9-15-34(46-21-36(43)41(4)5)31-13-10-29(31)20-42-22-38(17-7-8-27-18-30(39)12-14-32(27)38)23-47-35-16-11-28(19-33(35)42)37(44)40-48(6,45)26(3)25(24)2/h9,11-12,14-16,18-19,24-26,29,31,34H,6-8,10,13,17,20-23H2,1-5H3,(H,40,44,45)/b15-9+. The Morgan fingerprint density at radius 2 is 1.96 bits per heavy atom. The first-order valence-corrected chi connectivity index (χ1v) is 19.4. The van der Waals surface area contributed by atoms with Crippen molar-refractivity contribution in [1.29, 1.82) is 0 Å². The lowest BCUT2D eigenvalue weighted by Gasteiger charge is -2.46. The van der Waals surface area contributed by atoms with E-state index in [9.17, 15) is 13.8 Å². The number of amides is 2. The summed E-state index contributed by atoms with van der Waals surface area (Å²) < 4.78 is 29.8. The Bertz CT molecular complexity index is 1690. The van der Waals surface area contributed by atoms with Crippen LogP contribution in [0.3, 0.4) is 0 Å². The zero-order valence-corrected chi connectivity index (χ0v) is 30.4. The molecule has 2 aliphatic heterocycles. The van der Waals surface area contributed by atoms with Gasteiger partial charge in [-0.05, 0) is 110 Å². The van der Waals surface area contributed by atoms with Gasteiger partial charge in [-0.3, -0.25) is 14.3 Å². The number of hydrogen-bond acceptors (Lipinski definition) is 6. The molecule has 2 bridgehead atoms. The molecule has 260 valence electrons. The third kappa shape index (κ3) is 6.88. The van der Waals surface area contributed by atoms with Gasteiger partial charge in [-0.1, -0.05) is 43.7 Å². The van der Waals surface area contributed by atoms with E-state index in [0.717, 1.165) is 61.7 Å². The fourth-order valence-electron chi connectivity index (χ4n) is 7.95. The molecule has 8 unspecified atom stereocenters. The van der Waals surface area contributed by atoms with Gasteiger partial charge in [0.1, 0.15) is 12.4 Å². The fourth-order valence-corrected chi connectivity index (χ4v) is 9.71. The number of carbonyl (C=O) groups is 2. The molecule has 0 aromatic heterocycles. The molecule has 1 saturated carbocycles. The predicted octanol–water partition coefficient (Wildman–Crippen LogP) is 5.90. The van der Waals surface area contributed by atoms with E-state index in [0.29, 0.717) is 18.1 Å². The summed E-state index contributed by atoms with van der Waals surface area (Å²) >= 11 is 6.45. The highest BCUT2D eigenvalue weighted by Crippen LogP contribution is 2.47. The summed E-state index contributed by atoms with van der Waals surface area (Å²) in [5.74, 6) is 4.80. The Kier molecular flexibility index (Phi) is 9.95. The number of carbonyl (C=O) groups excluding carboxylic acids is 2. The summed E-state index contributed by atoms with van der Waals surface area (Å²) in [7, 11) is 0.493. The first kappa shape index (κ1) is 34.8. The molecule has 10 heteroatoms. The zero-order chi connectivity index (χ0) is 34.4. The van der Waals surface area contributed by atoms with Crippen LogP contribution in [0.5, 0.6) is 5.75 Å². The average molecular weight is 696 g/mol. The van der Waals surface area contributed by atoms with E-state index < -0.39 is 15.6 Å². The normalized spacial score (nSPS) is 34.0. The van der Waals surface area contributed by atoms with Crippen LogP contribution in [0.4, 0.5) is 5.69 Å². The second-order valence-corrected chi connectivity index (χ2v) is 17.7. The second kappa shape index (κ2) is 13.7. The van der Waals surface area contributed by atoms with Crippen molar-refractivity contribution in [1.82, 2.24) is 9.62 Å². The van der Waals surface area contributed by atoms with E-state index >= 15 is 0 Å². The molecule has 4 aliphatic rings. The van der Waals surface area contributed by atoms with E-state index in [2.05, 4.69) is 46.7 Å². The fraction of sp³-hybridized carbons (Fsp3) is 0.553. The van der Waals surface area contributed by atoms with Crippen molar-refractivity contribution in [2.45, 2.75) is 69.6 Å². The van der Waals surface area contributed by atoms with Crippen LogP contribution < -0.4 is 14.4 Å². The van der Waals surface area contributed by atoms with Crippen molar-refractivity contribution in [2.24, 2.45) is 23.7 Å². The number of hydrogen-bond donors (Lipinski definition) is 1. The van der Waals surface area contributed by atoms with Crippen molar-refractivity contribution in [3.05, 3.63) is 70.3 Å². The number of benzene rings is 2. The van der Waals surface area contributed by atoms with Crippen molar-refractivity contribution >= 4 is 44.7 Å². The van der Waals surface area contributed by atoms with Gasteiger partial charge in [0.25, 0.3) is 5.91 Å². The van der Waals surface area contributed by atoms with E-state index in [1.165, 1.54) is 11.1 Å². The van der Waals surface area contributed by atoms with Crippen LogP contribution in [0.25, 0.3) is 0 Å². The van der Waals surface area contributed by atoms with Crippen molar-refractivity contribution in [2.75, 3.05) is 45.3 Å². The van der Waals surface area contributed by atoms with E-state index in [-0.39, 0.29) is 47.0 Å². The molecule has 2 aromatic rings. The average Bonchev–Trinajstić information content (AvgIpc) is 3.19. The highest BCUT2D eigenvalue weighted by molar-refractivity contribution is 7.99. The van der Waals surface area contributed by atoms with E-state index in [1.807, 2.05) is 32.0 Å². The highest BCUT2D eigenvalue weighted by atomic mass is 35.5. The lowest BCUT2D eigenvalue weighted by molar-refractivity contribution is -0.137. The lowest BCUT2D eigenvalue weighted by Crippen LogP contribution is -2.50. The minimum atomic E-state index is -2.99. The first-order valence-electron chi connectivity index (χ1n) is 17.3. The monoisotopic (exact) mass is 695 g/mol. The quantitative estimate of drug-likeness (QED) is 0.318. The van der Waals surface area contributed by atoms with Gasteiger partial charge in [-0.25, -0.2) is 4.21 Å². The number of aryl methyl sites for hydroxylation is 1. The minimum Gasteiger partial charge on any atom is -0.490 e. The molecule has 1 N–H and O–H groups in total. The number of allylic oxidation sites excluding steroid dienone is 1. The molecular formula is C38H50ClN3O5S. The number of anilines is 1. The SMILES string of the molecule is C=S1(=O)NC(=O)c2ccc3c(c2)N(CC2CCC2C(OCC(=O)N(C)C)/C=C/C(C)C(C)C1C)CC1(CCCc2cc(Cl)ccc21)CO3. The topological polar surface area (TPSA) is 88.2 Å². The zero-order valence-electron chi connectivity index (χ0n) is 28.9. The molecule has 8 nitrogen and oxygen atoms in total. The molecule has 6 rings (SSSR count). The molecular weight excluding hydrogens is 646 g/mol. The lowest BCUT2D eigenvalue weighted by atomic mass is 9.68. The van der Waals surface area contributed by atoms with Crippen LogP contribution in [0.1, 0.15) is 67.9 Å². The molecule has 2 aliphatic carbocycles. The van der Waals surface area contributed by atoms with Gasteiger partial charge in [-0.15, -0.1) is 0 Å². The van der Waals surface area contributed by atoms with Crippen LogP contribution in [-0.2, 0) is 31.1 Å². The van der Waals surface area contributed by atoms with Crippen molar-refractivity contribution < 1.29 is 23.3 Å². The van der Waals surface area contributed by atoms with E-state index in [4.69, 9.17) is 21.1 Å². The molecule has 2 aromatic carbocycles. The number of nitrogens with zero attached hydrogens (tertiary/aromatic N) is 2. The summed E-state index contributed by atoms with van der Waals surface area (Å²) in [5, 5.41) is 0.356. The Morgan fingerprint density at radius 1 is 1.17 bits per heavy atom. The second-order valence-electron chi connectivity index (χ2n) is 14.8. The van der Waals surface area contributed by atoms with E-state index in [1.54, 1.807) is 25.1 Å². The van der Waals surface area contributed by atoms with Crippen LogP contribution in [-0.4, -0.2) is 78.5 Å². The van der Waals surface area contributed by atoms with Crippen LogP contribution >= 0.6 is 11.6 Å². The molecule has 1 fully saturated rings.